The molecular weight excluding hydrogens is 370 g/mol. The van der Waals surface area contributed by atoms with Crippen molar-refractivity contribution in [3.05, 3.63) is 80.6 Å². The van der Waals surface area contributed by atoms with Gasteiger partial charge in [0.25, 0.3) is 11.6 Å². The van der Waals surface area contributed by atoms with Crippen LogP contribution in [-0.4, -0.2) is 32.4 Å². The Balaban J connectivity index is 1.70. The average Bonchev–Trinajstić information content (AvgIpc) is 3.03. The molecule has 1 heterocycles. The minimum absolute atomic E-state index is 0.0603. The van der Waals surface area contributed by atoms with Crippen molar-refractivity contribution in [2.75, 3.05) is 6.54 Å². The van der Waals surface area contributed by atoms with E-state index in [1.807, 2.05) is 18.2 Å². The number of halogens is 1. The fourth-order valence-corrected chi connectivity index (χ4v) is 2.83. The molecule has 3 rings (SSSR count). The number of benzene rings is 2. The smallest absolute Gasteiger partial charge is 0.273 e. The predicted molar refractivity (Wildman–Crippen MR) is 100 cm³/mol. The summed E-state index contributed by atoms with van der Waals surface area (Å²) in [6, 6.07) is 13.4. The largest absolute Gasteiger partial charge is 0.350 e. The van der Waals surface area contributed by atoms with Crippen molar-refractivity contribution < 1.29 is 9.72 Å². The van der Waals surface area contributed by atoms with Gasteiger partial charge in [0.1, 0.15) is 0 Å². The molecule has 0 aliphatic rings. The molecule has 27 heavy (non-hydrogen) atoms. The Morgan fingerprint density at radius 1 is 1.26 bits per heavy atom. The van der Waals surface area contributed by atoms with Gasteiger partial charge in [-0.15, -0.1) is 5.10 Å². The lowest BCUT2D eigenvalue weighted by Crippen LogP contribution is -2.26. The summed E-state index contributed by atoms with van der Waals surface area (Å²) in [6.07, 6.45) is 0.629. The number of nitro groups is 1. The number of carbonyl (C=O) groups is 1. The molecule has 1 aromatic heterocycles. The van der Waals surface area contributed by atoms with Gasteiger partial charge in [-0.2, -0.15) is 0 Å². The SMILES string of the molecule is Cc1c(C(=O)NCCc2cccc(Cl)c2)nnn1-c1cccc([N+](=O)[O-])c1. The number of nitrogens with zero attached hydrogens (tertiary/aromatic N) is 4. The van der Waals surface area contributed by atoms with Crippen LogP contribution in [0.15, 0.2) is 48.5 Å². The monoisotopic (exact) mass is 385 g/mol. The molecule has 2 aromatic carbocycles. The number of nitrogens with one attached hydrogen (secondary N) is 1. The predicted octanol–water partition coefficient (Wildman–Crippen LogP) is 3.11. The van der Waals surface area contributed by atoms with E-state index in [9.17, 15) is 14.9 Å². The first-order valence-corrected chi connectivity index (χ1v) is 8.53. The van der Waals surface area contributed by atoms with Gasteiger partial charge in [0, 0.05) is 23.7 Å². The second-order valence-electron chi connectivity index (χ2n) is 5.85. The van der Waals surface area contributed by atoms with E-state index in [1.165, 1.54) is 16.8 Å². The third-order valence-corrected chi connectivity index (χ3v) is 4.22. The normalized spacial score (nSPS) is 10.6. The van der Waals surface area contributed by atoms with Gasteiger partial charge < -0.3 is 5.32 Å². The van der Waals surface area contributed by atoms with E-state index in [1.54, 1.807) is 25.1 Å². The van der Waals surface area contributed by atoms with Crippen LogP contribution in [0, 0.1) is 17.0 Å². The van der Waals surface area contributed by atoms with Crippen molar-refractivity contribution in [2.24, 2.45) is 0 Å². The standard InChI is InChI=1S/C18H16ClN5O3/c1-12-17(18(25)20-9-8-13-4-2-5-14(19)10-13)21-22-23(12)15-6-3-7-16(11-15)24(26)27/h2-7,10-11H,8-9H2,1H3,(H,20,25). The van der Waals surface area contributed by atoms with Crippen LogP contribution < -0.4 is 5.32 Å². The number of hydrogen-bond donors (Lipinski definition) is 1. The van der Waals surface area contributed by atoms with Crippen LogP contribution in [0.4, 0.5) is 5.69 Å². The number of non-ortho nitro benzene ring substituents is 1. The maximum atomic E-state index is 12.4. The fraction of sp³-hybridized carbons (Fsp3) is 0.167. The van der Waals surface area contributed by atoms with Gasteiger partial charge in [-0.25, -0.2) is 4.68 Å². The van der Waals surface area contributed by atoms with E-state index < -0.39 is 4.92 Å². The van der Waals surface area contributed by atoms with Gasteiger partial charge in [-0.1, -0.05) is 35.0 Å². The highest BCUT2D eigenvalue weighted by Crippen LogP contribution is 2.18. The van der Waals surface area contributed by atoms with E-state index in [4.69, 9.17) is 11.6 Å². The van der Waals surface area contributed by atoms with Crippen molar-refractivity contribution in [3.8, 4) is 5.69 Å². The summed E-state index contributed by atoms with van der Waals surface area (Å²) >= 11 is 5.94. The highest BCUT2D eigenvalue weighted by molar-refractivity contribution is 6.30. The third-order valence-electron chi connectivity index (χ3n) is 3.98. The van der Waals surface area contributed by atoms with Gasteiger partial charge >= 0.3 is 0 Å². The molecule has 0 aliphatic heterocycles. The van der Waals surface area contributed by atoms with Gasteiger partial charge in [-0.3, -0.25) is 14.9 Å². The molecule has 0 saturated carbocycles. The van der Waals surface area contributed by atoms with Crippen molar-refractivity contribution in [2.45, 2.75) is 13.3 Å². The summed E-state index contributed by atoms with van der Waals surface area (Å²) in [5.74, 6) is -0.355. The lowest BCUT2D eigenvalue weighted by Gasteiger charge is -2.06. The van der Waals surface area contributed by atoms with Gasteiger partial charge in [0.05, 0.1) is 16.3 Å². The number of carbonyl (C=O) groups excluding carboxylic acids is 1. The van der Waals surface area contributed by atoms with Gasteiger partial charge in [-0.05, 0) is 37.1 Å². The van der Waals surface area contributed by atoms with Crippen LogP contribution >= 0.6 is 11.6 Å². The summed E-state index contributed by atoms with van der Waals surface area (Å²) in [5, 5.41) is 22.2. The molecule has 0 bridgehead atoms. The minimum atomic E-state index is -0.487. The summed E-state index contributed by atoms with van der Waals surface area (Å²) in [7, 11) is 0. The Morgan fingerprint density at radius 2 is 2.04 bits per heavy atom. The molecule has 0 atom stereocenters. The Labute approximate surface area is 159 Å². The Morgan fingerprint density at radius 3 is 2.78 bits per heavy atom. The quantitative estimate of drug-likeness (QED) is 0.518. The molecule has 0 spiro atoms. The summed E-state index contributed by atoms with van der Waals surface area (Å²) in [5.41, 5.74) is 2.09. The highest BCUT2D eigenvalue weighted by atomic mass is 35.5. The molecule has 138 valence electrons. The summed E-state index contributed by atoms with van der Waals surface area (Å²) < 4.78 is 1.40. The second-order valence-corrected chi connectivity index (χ2v) is 6.28. The molecule has 1 N–H and O–H groups in total. The van der Waals surface area contributed by atoms with E-state index >= 15 is 0 Å². The first-order chi connectivity index (χ1) is 13.0. The van der Waals surface area contributed by atoms with Crippen LogP contribution in [0.3, 0.4) is 0 Å². The van der Waals surface area contributed by atoms with E-state index in [0.29, 0.717) is 29.4 Å². The average molecular weight is 386 g/mol. The maximum Gasteiger partial charge on any atom is 0.273 e. The first kappa shape index (κ1) is 18.5. The van der Waals surface area contributed by atoms with Crippen LogP contribution in [0.1, 0.15) is 21.7 Å². The van der Waals surface area contributed by atoms with Crippen LogP contribution in [0.25, 0.3) is 5.69 Å². The number of amides is 1. The van der Waals surface area contributed by atoms with Crippen molar-refractivity contribution in [3.63, 3.8) is 0 Å². The van der Waals surface area contributed by atoms with E-state index in [2.05, 4.69) is 15.6 Å². The molecule has 0 saturated heterocycles. The molecule has 0 fully saturated rings. The lowest BCUT2D eigenvalue weighted by molar-refractivity contribution is -0.384. The Bertz CT molecular complexity index is 1000. The molecule has 0 radical (unpaired) electrons. The summed E-state index contributed by atoms with van der Waals surface area (Å²) in [6.45, 7) is 2.10. The molecule has 0 unspecified atom stereocenters. The minimum Gasteiger partial charge on any atom is -0.350 e. The second kappa shape index (κ2) is 7.96. The number of nitro benzene ring substituents is 1. The van der Waals surface area contributed by atoms with Crippen molar-refractivity contribution in [1.82, 2.24) is 20.3 Å². The first-order valence-electron chi connectivity index (χ1n) is 8.15. The Hall–Kier alpha value is -3.26. The zero-order chi connectivity index (χ0) is 19.4. The molecule has 1 amide bonds. The third kappa shape index (κ3) is 4.29. The Kier molecular flexibility index (Phi) is 5.46. The number of aromatic nitrogens is 3. The number of hydrogen-bond acceptors (Lipinski definition) is 5. The van der Waals surface area contributed by atoms with E-state index in [-0.39, 0.29) is 17.3 Å². The van der Waals surface area contributed by atoms with Crippen LogP contribution in [-0.2, 0) is 6.42 Å². The molecule has 3 aromatic rings. The topological polar surface area (TPSA) is 103 Å². The molecular formula is C18H16ClN5O3. The zero-order valence-electron chi connectivity index (χ0n) is 14.4. The van der Waals surface area contributed by atoms with Crippen molar-refractivity contribution >= 4 is 23.2 Å². The molecule has 9 heteroatoms. The van der Waals surface area contributed by atoms with Crippen LogP contribution in [0.2, 0.25) is 5.02 Å². The summed E-state index contributed by atoms with van der Waals surface area (Å²) in [4.78, 5) is 22.8. The zero-order valence-corrected chi connectivity index (χ0v) is 15.2. The number of rotatable bonds is 6. The molecule has 0 aliphatic carbocycles. The highest BCUT2D eigenvalue weighted by Gasteiger charge is 2.18. The van der Waals surface area contributed by atoms with Crippen LogP contribution in [0.5, 0.6) is 0 Å². The van der Waals surface area contributed by atoms with Gasteiger partial charge in [0.15, 0.2) is 5.69 Å². The molecule has 8 nitrogen and oxygen atoms in total. The fourth-order valence-electron chi connectivity index (χ4n) is 2.62. The van der Waals surface area contributed by atoms with E-state index in [0.717, 1.165) is 5.56 Å². The van der Waals surface area contributed by atoms with Crippen molar-refractivity contribution in [1.29, 1.82) is 0 Å². The lowest BCUT2D eigenvalue weighted by atomic mass is 10.1. The van der Waals surface area contributed by atoms with Gasteiger partial charge in [0.2, 0.25) is 0 Å². The maximum absolute atomic E-state index is 12.4.